The second kappa shape index (κ2) is 8.97. The molecule has 3 heterocycles. The SMILES string of the molecule is CN(C)C(=O)c1ccc(-c2cc(CN3C(=O)N(c4ccc5c(c4)NCC5(C)C)C(=O)C3(C)C)ccn2)cc1. The van der Waals surface area contributed by atoms with Crippen LogP contribution in [0.2, 0.25) is 0 Å². The molecule has 0 atom stereocenters. The fourth-order valence-electron chi connectivity index (χ4n) is 5.10. The summed E-state index contributed by atoms with van der Waals surface area (Å²) in [6, 6.07) is 16.5. The van der Waals surface area contributed by atoms with Crippen molar-refractivity contribution in [1.29, 1.82) is 0 Å². The number of fused-ring (bicyclic) bond motifs is 1. The molecule has 8 heteroatoms. The molecule has 38 heavy (non-hydrogen) atoms. The summed E-state index contributed by atoms with van der Waals surface area (Å²) in [5.74, 6) is -0.319. The fraction of sp³-hybridized carbons (Fsp3) is 0.333. The Hall–Kier alpha value is -4.20. The molecular formula is C30H33N5O3. The third-order valence-corrected chi connectivity index (χ3v) is 7.53. The van der Waals surface area contributed by atoms with Gasteiger partial charge < -0.3 is 15.1 Å². The van der Waals surface area contributed by atoms with Crippen LogP contribution in [0, 0.1) is 0 Å². The van der Waals surface area contributed by atoms with Crippen LogP contribution in [-0.2, 0) is 16.8 Å². The minimum absolute atomic E-state index is 0.000545. The van der Waals surface area contributed by atoms with E-state index in [-0.39, 0.29) is 29.8 Å². The Morgan fingerprint density at radius 2 is 1.71 bits per heavy atom. The maximum absolute atomic E-state index is 13.6. The van der Waals surface area contributed by atoms with E-state index in [0.29, 0.717) is 11.3 Å². The van der Waals surface area contributed by atoms with E-state index in [2.05, 4.69) is 24.1 Å². The van der Waals surface area contributed by atoms with Gasteiger partial charge in [0, 0.05) is 55.6 Å². The van der Waals surface area contributed by atoms with Crippen molar-refractivity contribution in [2.75, 3.05) is 30.9 Å². The van der Waals surface area contributed by atoms with Crippen molar-refractivity contribution in [3.05, 3.63) is 77.5 Å². The number of anilines is 2. The lowest BCUT2D eigenvalue weighted by atomic mass is 9.87. The van der Waals surface area contributed by atoms with Crippen molar-refractivity contribution < 1.29 is 14.4 Å². The topological polar surface area (TPSA) is 85.9 Å². The van der Waals surface area contributed by atoms with Gasteiger partial charge in [0.05, 0.1) is 11.4 Å². The third kappa shape index (κ3) is 4.20. The first-order valence-corrected chi connectivity index (χ1v) is 12.7. The summed E-state index contributed by atoms with van der Waals surface area (Å²) in [4.78, 5) is 48.3. The molecule has 0 spiro atoms. The van der Waals surface area contributed by atoms with E-state index in [9.17, 15) is 14.4 Å². The molecule has 0 radical (unpaired) electrons. The second-order valence-electron chi connectivity index (χ2n) is 11.4. The van der Waals surface area contributed by atoms with Crippen LogP contribution in [0.5, 0.6) is 0 Å². The summed E-state index contributed by atoms with van der Waals surface area (Å²) < 4.78 is 0. The number of carbonyl (C=O) groups is 3. The lowest BCUT2D eigenvalue weighted by Crippen LogP contribution is -2.43. The van der Waals surface area contributed by atoms with E-state index < -0.39 is 5.54 Å². The molecule has 3 aromatic rings. The Morgan fingerprint density at radius 3 is 2.39 bits per heavy atom. The van der Waals surface area contributed by atoms with Crippen LogP contribution in [0.25, 0.3) is 11.3 Å². The maximum Gasteiger partial charge on any atom is 0.332 e. The van der Waals surface area contributed by atoms with Gasteiger partial charge in [-0.05, 0) is 61.4 Å². The number of hydrogen-bond acceptors (Lipinski definition) is 5. The lowest BCUT2D eigenvalue weighted by Gasteiger charge is -2.27. The van der Waals surface area contributed by atoms with Gasteiger partial charge in [0.15, 0.2) is 0 Å². The zero-order valence-electron chi connectivity index (χ0n) is 22.7. The molecule has 1 saturated heterocycles. The van der Waals surface area contributed by atoms with E-state index in [1.807, 2.05) is 42.5 Å². The highest BCUT2D eigenvalue weighted by Crippen LogP contribution is 2.40. The van der Waals surface area contributed by atoms with Crippen molar-refractivity contribution in [3.8, 4) is 11.3 Å². The highest BCUT2D eigenvalue weighted by molar-refractivity contribution is 6.23. The van der Waals surface area contributed by atoms with Gasteiger partial charge in [-0.2, -0.15) is 0 Å². The van der Waals surface area contributed by atoms with Crippen molar-refractivity contribution in [1.82, 2.24) is 14.8 Å². The van der Waals surface area contributed by atoms with Crippen LogP contribution < -0.4 is 10.2 Å². The minimum atomic E-state index is -1.01. The van der Waals surface area contributed by atoms with Crippen LogP contribution in [-0.4, -0.2) is 58.8 Å². The third-order valence-electron chi connectivity index (χ3n) is 7.53. The Labute approximate surface area is 223 Å². The number of carbonyl (C=O) groups excluding carboxylic acids is 3. The van der Waals surface area contributed by atoms with Gasteiger partial charge in [0.1, 0.15) is 5.54 Å². The normalized spacial score (nSPS) is 17.4. The molecule has 4 amide bonds. The summed E-state index contributed by atoms with van der Waals surface area (Å²) in [5, 5.41) is 3.40. The van der Waals surface area contributed by atoms with E-state index in [4.69, 9.17) is 0 Å². The monoisotopic (exact) mass is 511 g/mol. The molecule has 2 aliphatic rings. The summed E-state index contributed by atoms with van der Waals surface area (Å²) in [5.41, 5.74) is 4.75. The zero-order valence-corrected chi connectivity index (χ0v) is 22.7. The van der Waals surface area contributed by atoms with E-state index in [1.54, 1.807) is 51.2 Å². The number of benzene rings is 2. The first-order chi connectivity index (χ1) is 17.9. The molecule has 2 aromatic carbocycles. The minimum Gasteiger partial charge on any atom is -0.384 e. The Kier molecular flexibility index (Phi) is 6.01. The quantitative estimate of drug-likeness (QED) is 0.493. The van der Waals surface area contributed by atoms with Gasteiger partial charge in [0.25, 0.3) is 11.8 Å². The number of nitrogens with one attached hydrogen (secondary N) is 1. The number of hydrogen-bond donors (Lipinski definition) is 1. The molecule has 0 unspecified atom stereocenters. The zero-order chi connectivity index (χ0) is 27.4. The summed E-state index contributed by atoms with van der Waals surface area (Å²) in [6.07, 6.45) is 1.70. The van der Waals surface area contributed by atoms with Gasteiger partial charge in [0.2, 0.25) is 0 Å². The molecular weight excluding hydrogens is 478 g/mol. The molecule has 0 bridgehead atoms. The lowest BCUT2D eigenvalue weighted by molar-refractivity contribution is -0.123. The summed E-state index contributed by atoms with van der Waals surface area (Å²) >= 11 is 0. The molecule has 2 aliphatic heterocycles. The van der Waals surface area contributed by atoms with Crippen molar-refractivity contribution in [3.63, 3.8) is 0 Å². The molecule has 1 N–H and O–H groups in total. The number of imide groups is 1. The predicted octanol–water partition coefficient (Wildman–Crippen LogP) is 4.90. The average molecular weight is 512 g/mol. The second-order valence-corrected chi connectivity index (χ2v) is 11.4. The predicted molar refractivity (Wildman–Crippen MR) is 148 cm³/mol. The summed E-state index contributed by atoms with van der Waals surface area (Å²) in [6.45, 7) is 8.98. The molecule has 0 saturated carbocycles. The fourth-order valence-corrected chi connectivity index (χ4v) is 5.10. The largest absolute Gasteiger partial charge is 0.384 e. The Morgan fingerprint density at radius 1 is 1.00 bits per heavy atom. The maximum atomic E-state index is 13.6. The molecule has 1 fully saturated rings. The molecule has 5 rings (SSSR count). The van der Waals surface area contributed by atoms with Gasteiger partial charge >= 0.3 is 6.03 Å². The standard InChI is InChI=1S/C30H33N5O3/c1-29(2)18-32-25-16-22(11-12-23(25)29)35-27(37)30(3,4)34(28(35)38)17-19-13-14-31-24(15-19)20-7-9-21(10-8-20)26(36)33(5)6/h7-16,32H,17-18H2,1-6H3. The Balaban J connectivity index is 1.40. The highest BCUT2D eigenvalue weighted by atomic mass is 16.2. The van der Waals surface area contributed by atoms with Crippen LogP contribution in [0.3, 0.4) is 0 Å². The number of aromatic nitrogens is 1. The van der Waals surface area contributed by atoms with Crippen LogP contribution >= 0.6 is 0 Å². The average Bonchev–Trinajstić information content (AvgIpc) is 3.28. The smallest absolute Gasteiger partial charge is 0.332 e. The van der Waals surface area contributed by atoms with Crippen molar-refractivity contribution >= 4 is 29.2 Å². The highest BCUT2D eigenvalue weighted by Gasteiger charge is 2.52. The van der Waals surface area contributed by atoms with Gasteiger partial charge in [-0.25, -0.2) is 9.69 Å². The number of pyridine rings is 1. The number of nitrogens with zero attached hydrogens (tertiary/aromatic N) is 4. The summed E-state index contributed by atoms with van der Waals surface area (Å²) in [7, 11) is 3.44. The number of urea groups is 1. The van der Waals surface area contributed by atoms with Gasteiger partial charge in [-0.1, -0.05) is 32.0 Å². The van der Waals surface area contributed by atoms with Gasteiger partial charge in [-0.3, -0.25) is 14.6 Å². The van der Waals surface area contributed by atoms with Crippen molar-refractivity contribution in [2.45, 2.75) is 45.2 Å². The first kappa shape index (κ1) is 25.4. The van der Waals surface area contributed by atoms with E-state index in [0.717, 1.165) is 29.1 Å². The number of amides is 4. The first-order valence-electron chi connectivity index (χ1n) is 12.7. The molecule has 0 aliphatic carbocycles. The van der Waals surface area contributed by atoms with Gasteiger partial charge in [-0.15, -0.1) is 0 Å². The molecule has 196 valence electrons. The number of rotatable bonds is 5. The van der Waals surface area contributed by atoms with Crippen LogP contribution in [0.4, 0.5) is 16.2 Å². The van der Waals surface area contributed by atoms with Crippen LogP contribution in [0.15, 0.2) is 60.8 Å². The molecule has 1 aromatic heterocycles. The van der Waals surface area contributed by atoms with Crippen LogP contribution in [0.1, 0.15) is 49.2 Å². The van der Waals surface area contributed by atoms with E-state index >= 15 is 0 Å². The van der Waals surface area contributed by atoms with E-state index in [1.165, 1.54) is 15.4 Å². The Bertz CT molecular complexity index is 1440. The van der Waals surface area contributed by atoms with Crippen molar-refractivity contribution in [2.24, 2.45) is 0 Å². The molecule has 8 nitrogen and oxygen atoms in total.